The zero-order valence-electron chi connectivity index (χ0n) is 15.2. The number of hydrogen-bond donors (Lipinski definition) is 1. The summed E-state index contributed by atoms with van der Waals surface area (Å²) in [5, 5.41) is 2.75. The van der Waals surface area contributed by atoms with Crippen molar-refractivity contribution in [1.82, 2.24) is 14.8 Å². The van der Waals surface area contributed by atoms with E-state index in [1.54, 1.807) is 24.1 Å². The molecule has 3 rings (SSSR count). The fourth-order valence-electron chi connectivity index (χ4n) is 2.55. The van der Waals surface area contributed by atoms with E-state index in [9.17, 15) is 9.59 Å². The third-order valence-corrected chi connectivity index (χ3v) is 4.43. The predicted molar refractivity (Wildman–Crippen MR) is 98.5 cm³/mol. The quantitative estimate of drug-likeness (QED) is 0.920. The number of pyridine rings is 1. The van der Waals surface area contributed by atoms with Crippen LogP contribution in [-0.4, -0.2) is 53.4 Å². The average molecular weight is 354 g/mol. The number of hydrogen-bond acceptors (Lipinski definition) is 4. The molecule has 7 nitrogen and oxygen atoms in total. The van der Waals surface area contributed by atoms with Crippen LogP contribution in [0.4, 0.5) is 10.5 Å². The van der Waals surface area contributed by atoms with E-state index >= 15 is 0 Å². The van der Waals surface area contributed by atoms with Crippen molar-refractivity contribution in [2.24, 2.45) is 0 Å². The number of carbonyl (C=O) groups excluding carboxylic acids is 2. The van der Waals surface area contributed by atoms with E-state index in [4.69, 9.17) is 4.74 Å². The molecule has 2 heterocycles. The molecule has 7 heteroatoms. The molecule has 1 N–H and O–H groups in total. The fraction of sp³-hybridized carbons (Fsp3) is 0.316. The van der Waals surface area contributed by atoms with Gasteiger partial charge in [-0.25, -0.2) is 9.78 Å². The average Bonchev–Trinajstić information content (AvgIpc) is 2.62. The zero-order chi connectivity index (χ0) is 18.7. The number of aromatic nitrogens is 1. The Kier molecular flexibility index (Phi) is 5.06. The molecule has 1 saturated heterocycles. The van der Waals surface area contributed by atoms with Crippen LogP contribution in [0.2, 0.25) is 0 Å². The number of ether oxygens (including phenoxy) is 1. The molecule has 0 aliphatic carbocycles. The van der Waals surface area contributed by atoms with Gasteiger partial charge in [0.15, 0.2) is 0 Å². The summed E-state index contributed by atoms with van der Waals surface area (Å²) in [5.74, 6) is 1.09. The summed E-state index contributed by atoms with van der Waals surface area (Å²) in [6, 6.07) is 8.95. The molecule has 3 amide bonds. The van der Waals surface area contributed by atoms with Crippen molar-refractivity contribution < 1.29 is 14.3 Å². The summed E-state index contributed by atoms with van der Waals surface area (Å²) in [6.45, 7) is 5.20. The molecular formula is C19H22N4O3. The molecule has 0 radical (unpaired) electrons. The van der Waals surface area contributed by atoms with Crippen molar-refractivity contribution in [3.63, 3.8) is 0 Å². The minimum absolute atomic E-state index is 0.0679. The van der Waals surface area contributed by atoms with Gasteiger partial charge in [-0.05, 0) is 43.2 Å². The second kappa shape index (κ2) is 7.43. The number of rotatable bonds is 3. The molecule has 1 aliphatic rings. The first kappa shape index (κ1) is 17.7. The van der Waals surface area contributed by atoms with Crippen molar-refractivity contribution >= 4 is 17.6 Å². The number of nitrogens with zero attached hydrogens (tertiary/aromatic N) is 3. The van der Waals surface area contributed by atoms with Gasteiger partial charge in [-0.2, -0.15) is 0 Å². The van der Waals surface area contributed by atoms with E-state index in [1.807, 2.05) is 32.0 Å². The molecule has 1 aromatic carbocycles. The molecule has 1 aliphatic heterocycles. The lowest BCUT2D eigenvalue weighted by atomic mass is 10.1. The van der Waals surface area contributed by atoms with Gasteiger partial charge in [-0.15, -0.1) is 0 Å². The van der Waals surface area contributed by atoms with Crippen LogP contribution in [0.15, 0.2) is 36.5 Å². The molecule has 26 heavy (non-hydrogen) atoms. The maximum Gasteiger partial charge on any atom is 0.322 e. The summed E-state index contributed by atoms with van der Waals surface area (Å²) in [6.07, 6.45) is 1.53. The zero-order valence-corrected chi connectivity index (χ0v) is 15.2. The normalized spacial score (nSPS) is 14.3. The lowest BCUT2D eigenvalue weighted by molar-refractivity contribution is -0.133. The van der Waals surface area contributed by atoms with Gasteiger partial charge >= 0.3 is 6.03 Å². The first-order valence-electron chi connectivity index (χ1n) is 8.43. The number of urea groups is 1. The molecule has 1 fully saturated rings. The van der Waals surface area contributed by atoms with Crippen molar-refractivity contribution in [1.29, 1.82) is 0 Å². The van der Waals surface area contributed by atoms with Crippen molar-refractivity contribution in [2.45, 2.75) is 13.8 Å². The number of piperazine rings is 1. The number of benzene rings is 1. The van der Waals surface area contributed by atoms with E-state index < -0.39 is 0 Å². The largest absolute Gasteiger partial charge is 0.439 e. The monoisotopic (exact) mass is 354 g/mol. The summed E-state index contributed by atoms with van der Waals surface area (Å²) < 4.78 is 5.73. The molecule has 2 aromatic rings. The van der Waals surface area contributed by atoms with Crippen LogP contribution in [-0.2, 0) is 4.79 Å². The Bertz CT molecular complexity index is 820. The van der Waals surface area contributed by atoms with Crippen molar-refractivity contribution in [3.05, 3.63) is 47.7 Å². The van der Waals surface area contributed by atoms with Crippen LogP contribution in [0.3, 0.4) is 0 Å². The Balaban J connectivity index is 1.59. The summed E-state index contributed by atoms with van der Waals surface area (Å²) in [4.78, 5) is 31.3. The Hall–Kier alpha value is -3.09. The lowest BCUT2D eigenvalue weighted by Crippen LogP contribution is -2.51. The highest BCUT2D eigenvalue weighted by atomic mass is 16.5. The number of carbonyl (C=O) groups is 2. The van der Waals surface area contributed by atoms with Gasteiger partial charge in [-0.1, -0.05) is 6.07 Å². The SMILES string of the molecule is Cc1ccc(Oc2ccc(NC(=O)N3CCN(C)C(=O)C3)cn2)cc1C. The molecule has 0 atom stereocenters. The standard InChI is InChI=1S/C19H22N4O3/c1-13-4-6-16(10-14(13)2)26-17-7-5-15(11-20-17)21-19(25)23-9-8-22(3)18(24)12-23/h4-7,10-11H,8-9,12H2,1-3H3,(H,21,25). The van der Waals surface area contributed by atoms with E-state index in [0.29, 0.717) is 30.4 Å². The third kappa shape index (κ3) is 4.11. The number of likely N-dealkylation sites (N-methyl/N-ethyl adjacent to an activating group) is 1. The first-order chi connectivity index (χ1) is 12.4. The molecule has 0 spiro atoms. The van der Waals surface area contributed by atoms with Crippen LogP contribution in [0.1, 0.15) is 11.1 Å². The second-order valence-corrected chi connectivity index (χ2v) is 6.40. The Morgan fingerprint density at radius 2 is 1.96 bits per heavy atom. The van der Waals surface area contributed by atoms with Gasteiger partial charge in [0.1, 0.15) is 12.3 Å². The maximum atomic E-state index is 12.3. The van der Waals surface area contributed by atoms with Crippen LogP contribution in [0.5, 0.6) is 11.6 Å². The minimum Gasteiger partial charge on any atom is -0.439 e. The van der Waals surface area contributed by atoms with Gasteiger partial charge in [0.05, 0.1) is 11.9 Å². The highest BCUT2D eigenvalue weighted by Crippen LogP contribution is 2.23. The molecule has 136 valence electrons. The smallest absolute Gasteiger partial charge is 0.322 e. The van der Waals surface area contributed by atoms with Crippen LogP contribution >= 0.6 is 0 Å². The number of nitrogens with one attached hydrogen (secondary N) is 1. The van der Waals surface area contributed by atoms with Gasteiger partial charge in [0.25, 0.3) is 0 Å². The lowest BCUT2D eigenvalue weighted by Gasteiger charge is -2.31. The molecule has 0 bridgehead atoms. The minimum atomic E-state index is -0.309. The van der Waals surface area contributed by atoms with Crippen LogP contribution in [0.25, 0.3) is 0 Å². The number of anilines is 1. The van der Waals surface area contributed by atoms with E-state index in [-0.39, 0.29) is 18.5 Å². The van der Waals surface area contributed by atoms with Crippen LogP contribution < -0.4 is 10.1 Å². The number of amides is 3. The highest BCUT2D eigenvalue weighted by Gasteiger charge is 2.24. The fourth-order valence-corrected chi connectivity index (χ4v) is 2.55. The Morgan fingerprint density at radius 1 is 1.15 bits per heavy atom. The molecular weight excluding hydrogens is 332 g/mol. The number of aryl methyl sites for hydroxylation is 2. The van der Waals surface area contributed by atoms with Crippen molar-refractivity contribution in [2.75, 3.05) is 32.0 Å². The summed E-state index contributed by atoms with van der Waals surface area (Å²) >= 11 is 0. The van der Waals surface area contributed by atoms with Gasteiger partial charge in [0, 0.05) is 26.2 Å². The second-order valence-electron chi connectivity index (χ2n) is 6.40. The van der Waals surface area contributed by atoms with E-state index in [2.05, 4.69) is 10.3 Å². The third-order valence-electron chi connectivity index (χ3n) is 4.43. The molecule has 0 unspecified atom stereocenters. The van der Waals surface area contributed by atoms with Gasteiger partial charge in [0.2, 0.25) is 11.8 Å². The van der Waals surface area contributed by atoms with E-state index in [0.717, 1.165) is 5.56 Å². The maximum absolute atomic E-state index is 12.3. The van der Waals surface area contributed by atoms with Crippen molar-refractivity contribution in [3.8, 4) is 11.6 Å². The topological polar surface area (TPSA) is 74.8 Å². The molecule has 1 aromatic heterocycles. The predicted octanol–water partition coefficient (Wildman–Crippen LogP) is 2.80. The summed E-state index contributed by atoms with van der Waals surface area (Å²) in [7, 11) is 1.73. The van der Waals surface area contributed by atoms with Gasteiger partial charge < -0.3 is 19.9 Å². The highest BCUT2D eigenvalue weighted by molar-refractivity contribution is 5.92. The first-order valence-corrected chi connectivity index (χ1v) is 8.43. The van der Waals surface area contributed by atoms with Crippen LogP contribution in [0, 0.1) is 13.8 Å². The Labute approximate surface area is 152 Å². The molecule has 0 saturated carbocycles. The summed E-state index contributed by atoms with van der Waals surface area (Å²) in [5.41, 5.74) is 2.90. The van der Waals surface area contributed by atoms with Gasteiger partial charge in [-0.3, -0.25) is 4.79 Å². The Morgan fingerprint density at radius 3 is 2.62 bits per heavy atom. The van der Waals surface area contributed by atoms with E-state index in [1.165, 1.54) is 16.7 Å².